The first-order valence-electron chi connectivity index (χ1n) is 12.6. The van der Waals surface area contributed by atoms with Crippen LogP contribution in [0.2, 0.25) is 0 Å². The maximum atomic E-state index is 12.9. The number of carbonyl (C=O) groups excluding carboxylic acids is 1. The molecule has 2 aliphatic rings. The van der Waals surface area contributed by atoms with Crippen molar-refractivity contribution in [1.29, 1.82) is 5.26 Å². The van der Waals surface area contributed by atoms with Crippen LogP contribution in [0.1, 0.15) is 94.2 Å². The molecule has 3 N–H and O–H groups in total. The highest BCUT2D eigenvalue weighted by Gasteiger charge is 2.32. The number of anilines is 1. The third-order valence-electron chi connectivity index (χ3n) is 7.39. The summed E-state index contributed by atoms with van der Waals surface area (Å²) in [7, 11) is 0. The van der Waals surface area contributed by atoms with Crippen LogP contribution in [-0.2, 0) is 10.3 Å². The molecular formula is C28H37N5O3. The number of nitrogens with one attached hydrogen (secondary N) is 2. The number of rotatable bonds is 5. The Morgan fingerprint density at radius 2 is 1.92 bits per heavy atom. The predicted octanol–water partition coefficient (Wildman–Crippen LogP) is 5.55. The number of aromatic nitrogens is 2. The molecule has 0 spiro atoms. The molecule has 2 heterocycles. The molecule has 192 valence electrons. The van der Waals surface area contributed by atoms with E-state index in [2.05, 4.69) is 60.0 Å². The second kappa shape index (κ2) is 11.5. The van der Waals surface area contributed by atoms with E-state index in [-0.39, 0.29) is 23.0 Å². The van der Waals surface area contributed by atoms with Crippen molar-refractivity contribution >= 4 is 23.1 Å². The lowest BCUT2D eigenvalue weighted by molar-refractivity contribution is -0.134. The number of hydrogen-bond donors (Lipinski definition) is 3. The summed E-state index contributed by atoms with van der Waals surface area (Å²) in [5, 5.41) is 19.5. The number of benzene rings is 1. The standard InChI is InChI=1S/C26H33N5O.C2H4O2/c1-17-8-7-9-21(18(17)2)22-14-19(26(3,4)31-12-5-6-13-31)10-11-23(22)30-25(32)24-28-16-20(15-27)29-24;1-2(3)4/h10-11,14,16-17H,5-9,12-13H2,1-4H3,(H,28,29)(H,30,32);1H3,(H,3,4). The van der Waals surface area contributed by atoms with Crippen molar-refractivity contribution in [3.8, 4) is 6.07 Å². The molecule has 1 saturated heterocycles. The van der Waals surface area contributed by atoms with Crippen molar-refractivity contribution in [1.82, 2.24) is 14.9 Å². The predicted molar refractivity (Wildman–Crippen MR) is 140 cm³/mol. The second-order valence-electron chi connectivity index (χ2n) is 10.2. The topological polar surface area (TPSA) is 122 Å². The Hall–Kier alpha value is -3.44. The third kappa shape index (κ3) is 6.21. The normalized spacial score (nSPS) is 18.3. The van der Waals surface area contributed by atoms with Gasteiger partial charge in [-0.25, -0.2) is 4.98 Å². The molecule has 8 nitrogen and oxygen atoms in total. The third-order valence-corrected chi connectivity index (χ3v) is 7.39. The highest BCUT2D eigenvalue weighted by molar-refractivity contribution is 6.03. The van der Waals surface area contributed by atoms with Gasteiger partial charge in [-0.15, -0.1) is 0 Å². The van der Waals surface area contributed by atoms with Crippen LogP contribution in [0.15, 0.2) is 30.0 Å². The van der Waals surface area contributed by atoms with Gasteiger partial charge in [0.05, 0.1) is 6.20 Å². The van der Waals surface area contributed by atoms with E-state index in [1.165, 1.54) is 42.2 Å². The molecule has 8 heteroatoms. The highest BCUT2D eigenvalue weighted by atomic mass is 16.4. The highest BCUT2D eigenvalue weighted by Crippen LogP contribution is 2.41. The fourth-order valence-electron chi connectivity index (χ4n) is 5.06. The number of aliphatic carboxylic acids is 1. The number of amides is 1. The van der Waals surface area contributed by atoms with Gasteiger partial charge in [0.2, 0.25) is 0 Å². The van der Waals surface area contributed by atoms with Crippen molar-refractivity contribution in [2.75, 3.05) is 18.4 Å². The number of carbonyl (C=O) groups is 2. The molecule has 1 aromatic heterocycles. The van der Waals surface area contributed by atoms with Gasteiger partial charge >= 0.3 is 0 Å². The Balaban J connectivity index is 0.000000840. The summed E-state index contributed by atoms with van der Waals surface area (Å²) in [6.07, 6.45) is 7.27. The van der Waals surface area contributed by atoms with Gasteiger partial charge in [0.1, 0.15) is 11.8 Å². The lowest BCUT2D eigenvalue weighted by Gasteiger charge is -2.37. The molecule has 0 radical (unpaired) electrons. The molecule has 1 aliphatic heterocycles. The molecule has 4 rings (SSSR count). The van der Waals surface area contributed by atoms with Gasteiger partial charge in [0.25, 0.3) is 11.9 Å². The minimum absolute atomic E-state index is 0.0642. The van der Waals surface area contributed by atoms with Crippen LogP contribution in [-0.4, -0.2) is 44.9 Å². The SMILES string of the molecule is CC(=O)O.CC1=C(c2cc(C(C)(C)N3CCCC3)ccc2NC(=O)c2ncc(C#N)[nH]2)CCCC1C. The minimum Gasteiger partial charge on any atom is -0.481 e. The Kier molecular flexibility index (Phi) is 8.70. The van der Waals surface area contributed by atoms with Gasteiger partial charge in [-0.05, 0) is 95.2 Å². The average Bonchev–Trinajstić information content (AvgIpc) is 3.54. The number of likely N-dealkylation sites (tertiary alicyclic amines) is 1. The molecule has 36 heavy (non-hydrogen) atoms. The summed E-state index contributed by atoms with van der Waals surface area (Å²) in [6.45, 7) is 12.4. The van der Waals surface area contributed by atoms with Gasteiger partial charge in [0, 0.05) is 23.7 Å². The maximum absolute atomic E-state index is 12.9. The molecule has 1 unspecified atom stereocenters. The number of aromatic amines is 1. The molecule has 1 fully saturated rings. The average molecular weight is 492 g/mol. The molecule has 0 bridgehead atoms. The van der Waals surface area contributed by atoms with Crippen LogP contribution in [0.5, 0.6) is 0 Å². The zero-order valence-electron chi connectivity index (χ0n) is 21.9. The van der Waals surface area contributed by atoms with E-state index >= 15 is 0 Å². The first-order valence-corrected chi connectivity index (χ1v) is 12.6. The lowest BCUT2D eigenvalue weighted by atomic mass is 9.80. The summed E-state index contributed by atoms with van der Waals surface area (Å²) >= 11 is 0. The Bertz CT molecular complexity index is 1180. The summed E-state index contributed by atoms with van der Waals surface area (Å²) in [5.41, 5.74) is 6.15. The first-order chi connectivity index (χ1) is 17.0. The number of hydrogen-bond acceptors (Lipinski definition) is 5. The van der Waals surface area contributed by atoms with Crippen LogP contribution in [0, 0.1) is 17.2 Å². The van der Waals surface area contributed by atoms with E-state index in [9.17, 15) is 4.79 Å². The first kappa shape index (κ1) is 27.2. The zero-order chi connectivity index (χ0) is 26.5. The monoisotopic (exact) mass is 491 g/mol. The smallest absolute Gasteiger partial charge is 0.300 e. The van der Waals surface area contributed by atoms with E-state index in [4.69, 9.17) is 15.2 Å². The van der Waals surface area contributed by atoms with Crippen LogP contribution in [0.25, 0.3) is 5.57 Å². The van der Waals surface area contributed by atoms with Crippen LogP contribution in [0.4, 0.5) is 5.69 Å². The van der Waals surface area contributed by atoms with Gasteiger partial charge in [-0.3, -0.25) is 14.5 Å². The molecule has 2 aromatic rings. The molecule has 0 saturated carbocycles. The number of H-pyrrole nitrogens is 1. The van der Waals surface area contributed by atoms with E-state index in [0.717, 1.165) is 44.1 Å². The summed E-state index contributed by atoms with van der Waals surface area (Å²) in [5.74, 6) is -0.473. The second-order valence-corrected chi connectivity index (χ2v) is 10.2. The maximum Gasteiger partial charge on any atom is 0.300 e. The van der Waals surface area contributed by atoms with E-state index in [1.54, 1.807) is 0 Å². The van der Waals surface area contributed by atoms with Gasteiger partial charge in [0.15, 0.2) is 5.82 Å². The van der Waals surface area contributed by atoms with Gasteiger partial charge in [-0.2, -0.15) is 5.26 Å². The summed E-state index contributed by atoms with van der Waals surface area (Å²) < 4.78 is 0. The number of nitriles is 1. The van der Waals surface area contributed by atoms with Crippen molar-refractivity contribution in [2.45, 2.75) is 72.3 Å². The van der Waals surface area contributed by atoms with E-state index < -0.39 is 5.97 Å². The number of carboxylic acids is 1. The largest absolute Gasteiger partial charge is 0.481 e. The zero-order valence-corrected chi connectivity index (χ0v) is 21.9. The lowest BCUT2D eigenvalue weighted by Crippen LogP contribution is -2.39. The van der Waals surface area contributed by atoms with Gasteiger partial charge < -0.3 is 15.4 Å². The number of carboxylic acid groups (broad SMARTS) is 1. The Labute approximate surface area is 213 Å². The molecule has 1 aliphatic carbocycles. The number of imidazole rings is 1. The quantitative estimate of drug-likeness (QED) is 0.504. The summed E-state index contributed by atoms with van der Waals surface area (Å²) in [6, 6.07) is 8.44. The number of nitrogens with zero attached hydrogens (tertiary/aromatic N) is 3. The van der Waals surface area contributed by atoms with E-state index in [1.807, 2.05) is 12.1 Å². The van der Waals surface area contributed by atoms with Crippen molar-refractivity contribution in [3.05, 3.63) is 52.6 Å². The van der Waals surface area contributed by atoms with E-state index in [0.29, 0.717) is 5.92 Å². The fourth-order valence-corrected chi connectivity index (χ4v) is 5.06. The molecule has 1 atom stereocenters. The van der Waals surface area contributed by atoms with Crippen molar-refractivity contribution < 1.29 is 14.7 Å². The van der Waals surface area contributed by atoms with Crippen molar-refractivity contribution in [2.24, 2.45) is 5.92 Å². The minimum atomic E-state index is -0.833. The Morgan fingerprint density at radius 1 is 1.25 bits per heavy atom. The van der Waals surface area contributed by atoms with Crippen LogP contribution >= 0.6 is 0 Å². The van der Waals surface area contributed by atoms with Crippen LogP contribution < -0.4 is 5.32 Å². The van der Waals surface area contributed by atoms with Crippen LogP contribution in [0.3, 0.4) is 0 Å². The van der Waals surface area contributed by atoms with Gasteiger partial charge in [-0.1, -0.05) is 18.6 Å². The number of allylic oxidation sites excluding steroid dienone is 2. The summed E-state index contributed by atoms with van der Waals surface area (Å²) in [4.78, 5) is 31.3. The molecule has 1 amide bonds. The van der Waals surface area contributed by atoms with Crippen molar-refractivity contribution in [3.63, 3.8) is 0 Å². The molecule has 1 aromatic carbocycles. The Morgan fingerprint density at radius 3 is 2.53 bits per heavy atom. The molecular weight excluding hydrogens is 454 g/mol. The fraction of sp³-hybridized carbons (Fsp3) is 0.500.